The maximum absolute atomic E-state index is 11.3. The number of aliphatic hydroxyl groups is 1. The van der Waals surface area contributed by atoms with Crippen LogP contribution < -0.4 is 5.73 Å². The Kier molecular flexibility index (Phi) is 3.89. The quantitative estimate of drug-likeness (QED) is 0.521. The number of likely N-dealkylation sites (tertiary alicyclic amines) is 1. The second-order valence-electron chi connectivity index (χ2n) is 3.95. The van der Waals surface area contributed by atoms with Crippen LogP contribution in [-0.4, -0.2) is 66.4 Å². The van der Waals surface area contributed by atoms with Crippen molar-refractivity contribution in [1.82, 2.24) is 4.90 Å². The summed E-state index contributed by atoms with van der Waals surface area (Å²) in [4.78, 5) is 12.1. The molecular weight excluding hydrogens is 236 g/mol. The molecule has 0 bridgehead atoms. The number of aliphatic hydroxyl groups excluding tert-OH is 1. The molecule has 1 heterocycles. The van der Waals surface area contributed by atoms with E-state index in [9.17, 15) is 18.3 Å². The number of nitrogens with two attached hydrogens (primary N) is 1. The summed E-state index contributed by atoms with van der Waals surface area (Å²) in [6.45, 7) is -0.117. The zero-order chi connectivity index (χ0) is 12.5. The van der Waals surface area contributed by atoms with E-state index < -0.39 is 33.3 Å². The number of hydrogen-bond acceptors (Lipinski definition) is 6. The molecule has 8 heteroatoms. The van der Waals surface area contributed by atoms with Crippen molar-refractivity contribution in [3.8, 4) is 0 Å². The minimum atomic E-state index is -3.30. The number of sulfone groups is 1. The lowest BCUT2D eigenvalue weighted by molar-refractivity contribution is -0.145. The zero-order valence-electron chi connectivity index (χ0n) is 8.91. The summed E-state index contributed by atoms with van der Waals surface area (Å²) in [7, 11) is -3.30. The standard InChI is InChI=1S/C8H16N2O5S/c1-16(14,15)5-2-6(8(12)13)10(4-5)7(11)3-9/h5-7,11H,2-4,9H2,1H3,(H,12,13)/t5?,6-,7?/m0/s1. The van der Waals surface area contributed by atoms with Crippen LogP contribution in [0.15, 0.2) is 0 Å². The van der Waals surface area contributed by atoms with Gasteiger partial charge in [-0.15, -0.1) is 0 Å². The number of carbonyl (C=O) groups is 1. The van der Waals surface area contributed by atoms with Crippen molar-refractivity contribution < 1.29 is 23.4 Å². The summed E-state index contributed by atoms with van der Waals surface area (Å²) >= 11 is 0. The summed E-state index contributed by atoms with van der Waals surface area (Å²) in [6, 6.07) is -0.988. The molecule has 94 valence electrons. The first-order valence-corrected chi connectivity index (χ1v) is 6.78. The molecule has 0 radical (unpaired) electrons. The fourth-order valence-corrected chi connectivity index (χ4v) is 2.81. The van der Waals surface area contributed by atoms with Gasteiger partial charge in [0.05, 0.1) is 5.25 Å². The van der Waals surface area contributed by atoms with Gasteiger partial charge < -0.3 is 15.9 Å². The van der Waals surface area contributed by atoms with Crippen LogP contribution in [0.2, 0.25) is 0 Å². The van der Waals surface area contributed by atoms with Crippen molar-refractivity contribution in [2.45, 2.75) is 23.9 Å². The highest BCUT2D eigenvalue weighted by Gasteiger charge is 2.43. The number of carboxylic acid groups (broad SMARTS) is 1. The second-order valence-corrected chi connectivity index (χ2v) is 6.28. The van der Waals surface area contributed by atoms with E-state index in [0.717, 1.165) is 6.26 Å². The Morgan fingerprint density at radius 1 is 1.62 bits per heavy atom. The molecule has 0 spiro atoms. The summed E-state index contributed by atoms with van der Waals surface area (Å²) in [5.41, 5.74) is 5.23. The molecule has 0 aromatic heterocycles. The summed E-state index contributed by atoms with van der Waals surface area (Å²) < 4.78 is 22.7. The van der Waals surface area contributed by atoms with Gasteiger partial charge in [0.25, 0.3) is 0 Å². The molecule has 1 aliphatic rings. The summed E-state index contributed by atoms with van der Waals surface area (Å²) in [5, 5.41) is 17.7. The first-order valence-electron chi connectivity index (χ1n) is 4.83. The van der Waals surface area contributed by atoms with Crippen LogP contribution in [0.4, 0.5) is 0 Å². The lowest BCUT2D eigenvalue weighted by Gasteiger charge is -2.25. The third kappa shape index (κ3) is 2.70. The zero-order valence-corrected chi connectivity index (χ0v) is 9.72. The fourth-order valence-electron chi connectivity index (χ4n) is 1.84. The molecule has 2 unspecified atom stereocenters. The van der Waals surface area contributed by atoms with Gasteiger partial charge in [0.15, 0.2) is 9.84 Å². The highest BCUT2D eigenvalue weighted by molar-refractivity contribution is 7.91. The topological polar surface area (TPSA) is 121 Å². The minimum Gasteiger partial charge on any atom is -0.480 e. The molecule has 0 aromatic rings. The molecule has 0 aromatic carbocycles. The van der Waals surface area contributed by atoms with Crippen LogP contribution >= 0.6 is 0 Å². The molecule has 0 aliphatic carbocycles. The molecule has 7 nitrogen and oxygen atoms in total. The number of hydrogen-bond donors (Lipinski definition) is 3. The van der Waals surface area contributed by atoms with Crippen molar-refractivity contribution in [3.63, 3.8) is 0 Å². The van der Waals surface area contributed by atoms with E-state index in [-0.39, 0.29) is 19.5 Å². The van der Waals surface area contributed by atoms with E-state index >= 15 is 0 Å². The predicted molar refractivity (Wildman–Crippen MR) is 56.4 cm³/mol. The Morgan fingerprint density at radius 3 is 2.56 bits per heavy atom. The Balaban J connectivity index is 2.88. The number of aliphatic carboxylic acids is 1. The van der Waals surface area contributed by atoms with Gasteiger partial charge in [-0.3, -0.25) is 9.69 Å². The molecule has 1 fully saturated rings. The minimum absolute atomic E-state index is 0.00810. The summed E-state index contributed by atoms with van der Waals surface area (Å²) in [5.74, 6) is -1.14. The van der Waals surface area contributed by atoms with Gasteiger partial charge in [0.2, 0.25) is 0 Å². The van der Waals surface area contributed by atoms with Crippen LogP contribution in [0.5, 0.6) is 0 Å². The molecule has 4 N–H and O–H groups in total. The molecule has 1 saturated heterocycles. The fraction of sp³-hybridized carbons (Fsp3) is 0.875. The van der Waals surface area contributed by atoms with Gasteiger partial charge in [0.1, 0.15) is 12.3 Å². The van der Waals surface area contributed by atoms with E-state index in [1.165, 1.54) is 4.90 Å². The van der Waals surface area contributed by atoms with Crippen LogP contribution in [0.3, 0.4) is 0 Å². The van der Waals surface area contributed by atoms with E-state index in [0.29, 0.717) is 0 Å². The average Bonchev–Trinajstić information content (AvgIpc) is 2.60. The normalized spacial score (nSPS) is 29.2. The molecule has 1 rings (SSSR count). The van der Waals surface area contributed by atoms with Gasteiger partial charge in [-0.2, -0.15) is 0 Å². The Morgan fingerprint density at radius 2 is 2.19 bits per heavy atom. The lowest BCUT2D eigenvalue weighted by atomic mass is 10.2. The third-order valence-corrected chi connectivity index (χ3v) is 4.34. The average molecular weight is 252 g/mol. The van der Waals surface area contributed by atoms with E-state index in [1.54, 1.807) is 0 Å². The van der Waals surface area contributed by atoms with Crippen LogP contribution in [0.1, 0.15) is 6.42 Å². The number of carboxylic acids is 1. The van der Waals surface area contributed by atoms with Gasteiger partial charge in [-0.05, 0) is 6.42 Å². The SMILES string of the molecule is CS(=O)(=O)C1C[C@@H](C(=O)O)N(C(O)CN)C1. The van der Waals surface area contributed by atoms with E-state index in [2.05, 4.69) is 0 Å². The number of rotatable bonds is 4. The van der Waals surface area contributed by atoms with E-state index in [4.69, 9.17) is 10.8 Å². The van der Waals surface area contributed by atoms with Crippen LogP contribution in [0.25, 0.3) is 0 Å². The molecule has 3 atom stereocenters. The lowest BCUT2D eigenvalue weighted by Crippen LogP contribution is -2.46. The molecule has 0 saturated carbocycles. The van der Waals surface area contributed by atoms with Crippen LogP contribution in [0, 0.1) is 0 Å². The summed E-state index contributed by atoms with van der Waals surface area (Å²) in [6.07, 6.45) is -0.0620. The van der Waals surface area contributed by atoms with Gasteiger partial charge in [0, 0.05) is 19.3 Å². The first kappa shape index (κ1) is 13.4. The van der Waals surface area contributed by atoms with Crippen molar-refractivity contribution in [3.05, 3.63) is 0 Å². The molecule has 16 heavy (non-hydrogen) atoms. The monoisotopic (exact) mass is 252 g/mol. The second kappa shape index (κ2) is 4.66. The van der Waals surface area contributed by atoms with Gasteiger partial charge in [-0.1, -0.05) is 0 Å². The van der Waals surface area contributed by atoms with Crippen molar-refractivity contribution in [2.75, 3.05) is 19.3 Å². The van der Waals surface area contributed by atoms with Gasteiger partial charge in [-0.25, -0.2) is 8.42 Å². The third-order valence-electron chi connectivity index (χ3n) is 2.79. The predicted octanol–water partition coefficient (Wildman–Crippen LogP) is -2.16. The Hall–Kier alpha value is -0.700. The largest absolute Gasteiger partial charge is 0.480 e. The highest BCUT2D eigenvalue weighted by atomic mass is 32.2. The Labute approximate surface area is 93.8 Å². The Bertz CT molecular complexity index is 369. The smallest absolute Gasteiger partial charge is 0.321 e. The van der Waals surface area contributed by atoms with Gasteiger partial charge >= 0.3 is 5.97 Å². The van der Waals surface area contributed by atoms with Crippen molar-refractivity contribution in [1.29, 1.82) is 0 Å². The molecule has 0 amide bonds. The number of nitrogens with zero attached hydrogens (tertiary/aromatic N) is 1. The highest BCUT2D eigenvalue weighted by Crippen LogP contribution is 2.24. The maximum atomic E-state index is 11.3. The molecular formula is C8H16N2O5S. The van der Waals surface area contributed by atoms with Crippen molar-refractivity contribution >= 4 is 15.8 Å². The van der Waals surface area contributed by atoms with Crippen molar-refractivity contribution in [2.24, 2.45) is 5.73 Å². The first-order chi connectivity index (χ1) is 7.27. The molecule has 1 aliphatic heterocycles. The maximum Gasteiger partial charge on any atom is 0.321 e. The van der Waals surface area contributed by atoms with E-state index in [1.807, 2.05) is 0 Å². The van der Waals surface area contributed by atoms with Crippen LogP contribution in [-0.2, 0) is 14.6 Å².